The second-order valence-corrected chi connectivity index (χ2v) is 4.11. The van der Waals surface area contributed by atoms with Gasteiger partial charge in [-0.15, -0.1) is 0 Å². The number of piperidine rings is 1. The molecule has 0 aromatic carbocycles. The zero-order valence-corrected chi connectivity index (χ0v) is 9.12. The molecular formula is C10H21N3O. The minimum atomic E-state index is -0.286. The number of nitrogens with zero attached hydrogens (tertiary/aromatic N) is 1. The predicted octanol–water partition coefficient (Wildman–Crippen LogP) is 0.775. The van der Waals surface area contributed by atoms with Crippen molar-refractivity contribution in [1.29, 1.82) is 0 Å². The molecule has 0 aliphatic carbocycles. The summed E-state index contributed by atoms with van der Waals surface area (Å²) >= 11 is 0. The first-order chi connectivity index (χ1) is 6.65. The lowest BCUT2D eigenvalue weighted by atomic mass is 9.94. The molecule has 1 aliphatic heterocycles. The minimum Gasteiger partial charge on any atom is -0.351 e. The monoisotopic (exact) mass is 199 g/mol. The lowest BCUT2D eigenvalue weighted by molar-refractivity contribution is 0.157. The molecule has 0 bridgehead atoms. The zero-order chi connectivity index (χ0) is 10.6. The Hall–Kier alpha value is -0.770. The van der Waals surface area contributed by atoms with Gasteiger partial charge in [-0.2, -0.15) is 0 Å². The Kier molecular flexibility index (Phi) is 4.20. The maximum absolute atomic E-state index is 10.9. The summed E-state index contributed by atoms with van der Waals surface area (Å²) in [5.74, 6) is 0.503. The third-order valence-electron chi connectivity index (χ3n) is 2.87. The molecule has 2 atom stereocenters. The lowest BCUT2D eigenvalue weighted by Crippen LogP contribution is -2.51. The first-order valence-electron chi connectivity index (χ1n) is 5.43. The van der Waals surface area contributed by atoms with Crippen LogP contribution in [0.1, 0.15) is 26.7 Å². The van der Waals surface area contributed by atoms with Gasteiger partial charge in [-0.1, -0.05) is 13.8 Å². The molecule has 1 aliphatic rings. The number of nitrogens with two attached hydrogens (primary N) is 1. The number of carbonyl (C=O) groups is 1. The largest absolute Gasteiger partial charge is 0.351 e. The molecule has 0 saturated carbocycles. The number of amides is 2. The summed E-state index contributed by atoms with van der Waals surface area (Å²) in [6.07, 6.45) is 2.17. The Morgan fingerprint density at radius 1 is 1.64 bits per heavy atom. The van der Waals surface area contributed by atoms with Crippen molar-refractivity contribution in [1.82, 2.24) is 10.2 Å². The molecule has 4 nitrogen and oxygen atoms in total. The number of hydrogen-bond acceptors (Lipinski definition) is 2. The molecule has 2 unspecified atom stereocenters. The standard InChI is InChI=1S/C10H21N3O/c1-3-5-12-9-4-6-13(10(11)14)7-8(9)2/h8-9,12H,3-7H2,1-2H3,(H2,11,14). The van der Waals surface area contributed by atoms with Gasteiger partial charge in [0.15, 0.2) is 0 Å². The van der Waals surface area contributed by atoms with Gasteiger partial charge in [0, 0.05) is 19.1 Å². The quantitative estimate of drug-likeness (QED) is 0.705. The van der Waals surface area contributed by atoms with Crippen molar-refractivity contribution >= 4 is 6.03 Å². The van der Waals surface area contributed by atoms with Crippen molar-refractivity contribution in [2.45, 2.75) is 32.7 Å². The molecule has 1 fully saturated rings. The normalized spacial score (nSPS) is 27.7. The summed E-state index contributed by atoms with van der Waals surface area (Å²) in [6.45, 7) is 6.97. The van der Waals surface area contributed by atoms with Crippen LogP contribution in [0.25, 0.3) is 0 Å². The van der Waals surface area contributed by atoms with Crippen LogP contribution in [0, 0.1) is 5.92 Å². The van der Waals surface area contributed by atoms with Gasteiger partial charge in [0.05, 0.1) is 0 Å². The van der Waals surface area contributed by atoms with Gasteiger partial charge in [0.1, 0.15) is 0 Å². The van der Waals surface area contributed by atoms with Crippen LogP contribution in [0.2, 0.25) is 0 Å². The predicted molar refractivity (Wildman–Crippen MR) is 57.0 cm³/mol. The molecule has 0 aromatic heterocycles. The highest BCUT2D eigenvalue weighted by molar-refractivity contribution is 5.72. The summed E-state index contributed by atoms with van der Waals surface area (Å²) in [5, 5.41) is 3.50. The number of urea groups is 1. The fourth-order valence-electron chi connectivity index (χ4n) is 1.98. The highest BCUT2D eigenvalue weighted by Gasteiger charge is 2.26. The Bertz CT molecular complexity index is 196. The number of nitrogens with one attached hydrogen (secondary N) is 1. The second kappa shape index (κ2) is 5.20. The average Bonchev–Trinajstić information content (AvgIpc) is 2.15. The molecule has 82 valence electrons. The van der Waals surface area contributed by atoms with E-state index < -0.39 is 0 Å². The van der Waals surface area contributed by atoms with Crippen LogP contribution in [0.5, 0.6) is 0 Å². The Balaban J connectivity index is 2.35. The summed E-state index contributed by atoms with van der Waals surface area (Å²) in [4.78, 5) is 12.7. The summed E-state index contributed by atoms with van der Waals surface area (Å²) in [6, 6.07) is 0.261. The van der Waals surface area contributed by atoms with E-state index in [9.17, 15) is 4.79 Å². The molecule has 3 N–H and O–H groups in total. The first kappa shape index (κ1) is 11.3. The highest BCUT2D eigenvalue weighted by Crippen LogP contribution is 2.16. The van der Waals surface area contributed by atoms with E-state index in [1.54, 1.807) is 4.90 Å². The number of carbonyl (C=O) groups excluding carboxylic acids is 1. The maximum Gasteiger partial charge on any atom is 0.314 e. The third kappa shape index (κ3) is 2.87. The van der Waals surface area contributed by atoms with E-state index in [1.165, 1.54) is 0 Å². The van der Waals surface area contributed by atoms with Crippen LogP contribution in [-0.2, 0) is 0 Å². The van der Waals surface area contributed by atoms with Gasteiger partial charge in [-0.05, 0) is 25.3 Å². The van der Waals surface area contributed by atoms with Crippen molar-refractivity contribution < 1.29 is 4.79 Å². The summed E-state index contributed by atoms with van der Waals surface area (Å²) in [5.41, 5.74) is 5.24. The Labute approximate surface area is 85.8 Å². The van der Waals surface area contributed by atoms with E-state index in [1.807, 2.05) is 0 Å². The number of likely N-dealkylation sites (tertiary alicyclic amines) is 1. The van der Waals surface area contributed by atoms with E-state index in [0.717, 1.165) is 32.5 Å². The molecule has 0 radical (unpaired) electrons. The second-order valence-electron chi connectivity index (χ2n) is 4.11. The van der Waals surface area contributed by atoms with E-state index in [0.29, 0.717) is 12.0 Å². The van der Waals surface area contributed by atoms with Gasteiger partial charge in [0.2, 0.25) is 0 Å². The molecule has 1 saturated heterocycles. The third-order valence-corrected chi connectivity index (χ3v) is 2.87. The van der Waals surface area contributed by atoms with Crippen molar-refractivity contribution in [2.75, 3.05) is 19.6 Å². The summed E-state index contributed by atoms with van der Waals surface area (Å²) < 4.78 is 0. The van der Waals surface area contributed by atoms with Crippen LogP contribution >= 0.6 is 0 Å². The fraction of sp³-hybridized carbons (Fsp3) is 0.900. The van der Waals surface area contributed by atoms with E-state index in [2.05, 4.69) is 19.2 Å². The minimum absolute atomic E-state index is 0.286. The highest BCUT2D eigenvalue weighted by atomic mass is 16.2. The molecule has 4 heteroatoms. The van der Waals surface area contributed by atoms with Crippen LogP contribution in [0.15, 0.2) is 0 Å². The van der Waals surface area contributed by atoms with E-state index >= 15 is 0 Å². The van der Waals surface area contributed by atoms with Gasteiger partial charge in [-0.25, -0.2) is 4.79 Å². The Morgan fingerprint density at radius 3 is 2.86 bits per heavy atom. The molecule has 2 amide bonds. The number of hydrogen-bond donors (Lipinski definition) is 2. The van der Waals surface area contributed by atoms with E-state index in [-0.39, 0.29) is 6.03 Å². The molecule has 1 rings (SSSR count). The van der Waals surface area contributed by atoms with Crippen LogP contribution in [0.3, 0.4) is 0 Å². The number of rotatable bonds is 3. The summed E-state index contributed by atoms with van der Waals surface area (Å²) in [7, 11) is 0. The molecule has 14 heavy (non-hydrogen) atoms. The Morgan fingerprint density at radius 2 is 2.36 bits per heavy atom. The van der Waals surface area contributed by atoms with Crippen molar-refractivity contribution in [3.8, 4) is 0 Å². The SMILES string of the molecule is CCCNC1CCN(C(N)=O)CC1C. The van der Waals surface area contributed by atoms with Gasteiger partial charge in [-0.3, -0.25) is 0 Å². The van der Waals surface area contributed by atoms with Crippen molar-refractivity contribution in [3.05, 3.63) is 0 Å². The molecule has 0 spiro atoms. The molecule has 0 aromatic rings. The fourth-order valence-corrected chi connectivity index (χ4v) is 1.98. The first-order valence-corrected chi connectivity index (χ1v) is 5.43. The molecule has 1 heterocycles. The maximum atomic E-state index is 10.9. The van der Waals surface area contributed by atoms with Crippen molar-refractivity contribution in [2.24, 2.45) is 11.7 Å². The van der Waals surface area contributed by atoms with Gasteiger partial charge >= 0.3 is 6.03 Å². The van der Waals surface area contributed by atoms with Crippen molar-refractivity contribution in [3.63, 3.8) is 0 Å². The average molecular weight is 199 g/mol. The molecular weight excluding hydrogens is 178 g/mol. The van der Waals surface area contributed by atoms with Gasteiger partial charge < -0.3 is 16.0 Å². The van der Waals surface area contributed by atoms with E-state index in [4.69, 9.17) is 5.73 Å². The zero-order valence-electron chi connectivity index (χ0n) is 9.12. The number of primary amides is 1. The van der Waals surface area contributed by atoms with Crippen LogP contribution in [-0.4, -0.2) is 36.6 Å². The lowest BCUT2D eigenvalue weighted by Gasteiger charge is -2.36. The van der Waals surface area contributed by atoms with Crippen LogP contribution in [0.4, 0.5) is 4.79 Å². The van der Waals surface area contributed by atoms with Gasteiger partial charge in [0.25, 0.3) is 0 Å². The smallest absolute Gasteiger partial charge is 0.314 e. The topological polar surface area (TPSA) is 58.4 Å². The van der Waals surface area contributed by atoms with Crippen LogP contribution < -0.4 is 11.1 Å².